The van der Waals surface area contributed by atoms with Gasteiger partial charge in [0.1, 0.15) is 12.4 Å². The van der Waals surface area contributed by atoms with Gasteiger partial charge in [-0.25, -0.2) is 13.8 Å². The Bertz CT molecular complexity index is 545. The topological polar surface area (TPSA) is 34.2 Å². The van der Waals surface area contributed by atoms with Gasteiger partial charge in [0.25, 0.3) is 0 Å². The number of benzene rings is 1. The van der Waals surface area contributed by atoms with Crippen LogP contribution in [-0.2, 0) is 6.61 Å². The van der Waals surface area contributed by atoms with Crippen molar-refractivity contribution in [2.24, 2.45) is 0 Å². The van der Waals surface area contributed by atoms with Crippen LogP contribution in [0.2, 0.25) is 0 Å². The van der Waals surface area contributed by atoms with Crippen molar-refractivity contribution in [3.05, 3.63) is 40.9 Å². The highest BCUT2D eigenvalue weighted by molar-refractivity contribution is 7.15. The minimum atomic E-state index is -0.910. The summed E-state index contributed by atoms with van der Waals surface area (Å²) in [4.78, 5) is 5.11. The Kier molecular flexibility index (Phi) is 4.68. The molecule has 0 aliphatic carbocycles. The fraction of sp³-hybridized carbons (Fsp3) is 0.308. The number of nitrogens with one attached hydrogen (secondary N) is 1. The Hall–Kier alpha value is -1.69. The lowest BCUT2D eigenvalue weighted by Gasteiger charge is -2.04. The summed E-state index contributed by atoms with van der Waals surface area (Å²) < 4.78 is 31.1. The quantitative estimate of drug-likeness (QED) is 0.875. The molecule has 1 N–H and O–H groups in total. The second kappa shape index (κ2) is 6.47. The number of hydrogen-bond donors (Lipinski definition) is 1. The van der Waals surface area contributed by atoms with Crippen LogP contribution in [0.1, 0.15) is 18.2 Å². The molecule has 1 heterocycles. The molecule has 0 aliphatic rings. The van der Waals surface area contributed by atoms with Gasteiger partial charge in [-0.1, -0.05) is 18.3 Å². The van der Waals surface area contributed by atoms with Crippen molar-refractivity contribution < 1.29 is 13.5 Å². The molecule has 0 aliphatic heterocycles. The zero-order valence-corrected chi connectivity index (χ0v) is 11.3. The minimum absolute atomic E-state index is 0.288. The Morgan fingerprint density at radius 2 is 2.16 bits per heavy atom. The van der Waals surface area contributed by atoms with E-state index >= 15 is 0 Å². The lowest BCUT2D eigenvalue weighted by molar-refractivity contribution is 0.306. The molecule has 0 radical (unpaired) electrons. The molecule has 0 saturated carbocycles. The third kappa shape index (κ3) is 3.89. The monoisotopic (exact) mass is 284 g/mol. The first-order chi connectivity index (χ1) is 9.19. The summed E-state index contributed by atoms with van der Waals surface area (Å²) in [6, 6.07) is 3.48. The number of hydrogen-bond acceptors (Lipinski definition) is 4. The van der Waals surface area contributed by atoms with E-state index in [1.54, 1.807) is 6.20 Å². The largest absolute Gasteiger partial charge is 0.488 e. The summed E-state index contributed by atoms with van der Waals surface area (Å²) in [7, 11) is 0. The molecule has 0 unspecified atom stereocenters. The van der Waals surface area contributed by atoms with Gasteiger partial charge in [0.2, 0.25) is 0 Å². The van der Waals surface area contributed by atoms with Crippen LogP contribution in [0.25, 0.3) is 0 Å². The zero-order chi connectivity index (χ0) is 13.7. The Morgan fingerprint density at radius 3 is 2.89 bits per heavy atom. The van der Waals surface area contributed by atoms with E-state index in [0.717, 1.165) is 35.1 Å². The van der Waals surface area contributed by atoms with E-state index in [9.17, 15) is 8.78 Å². The number of aromatic nitrogens is 1. The lowest BCUT2D eigenvalue weighted by atomic mass is 10.3. The van der Waals surface area contributed by atoms with Crippen LogP contribution in [0.15, 0.2) is 24.4 Å². The van der Waals surface area contributed by atoms with Crippen molar-refractivity contribution in [2.45, 2.75) is 20.0 Å². The Morgan fingerprint density at radius 1 is 1.32 bits per heavy atom. The number of anilines is 1. The number of ether oxygens (including phenoxy) is 1. The highest BCUT2D eigenvalue weighted by atomic mass is 32.1. The van der Waals surface area contributed by atoms with Gasteiger partial charge in [0.15, 0.2) is 16.8 Å². The molecule has 0 amide bonds. The van der Waals surface area contributed by atoms with Crippen molar-refractivity contribution in [3.8, 4) is 5.75 Å². The van der Waals surface area contributed by atoms with Crippen LogP contribution in [0.3, 0.4) is 0 Å². The molecule has 3 nitrogen and oxygen atoms in total. The first kappa shape index (κ1) is 13.7. The average Bonchev–Trinajstić information content (AvgIpc) is 2.86. The number of thiazole rings is 1. The van der Waals surface area contributed by atoms with Gasteiger partial charge < -0.3 is 10.1 Å². The summed E-state index contributed by atoms with van der Waals surface area (Å²) in [5, 5.41) is 4.01. The second-order valence-electron chi connectivity index (χ2n) is 3.92. The predicted octanol–water partition coefficient (Wildman–Crippen LogP) is 3.82. The lowest BCUT2D eigenvalue weighted by Crippen LogP contribution is -1.98. The van der Waals surface area contributed by atoms with Crippen molar-refractivity contribution in [3.63, 3.8) is 0 Å². The summed E-state index contributed by atoms with van der Waals surface area (Å²) in [6.45, 7) is 3.24. The van der Waals surface area contributed by atoms with Gasteiger partial charge in [-0.2, -0.15) is 0 Å². The summed E-state index contributed by atoms with van der Waals surface area (Å²) in [5.74, 6) is -1.49. The maximum Gasteiger partial charge on any atom is 0.182 e. The maximum absolute atomic E-state index is 13.0. The van der Waals surface area contributed by atoms with E-state index in [0.29, 0.717) is 5.75 Å². The molecular formula is C13H14F2N2OS. The molecule has 0 fully saturated rings. The van der Waals surface area contributed by atoms with Crippen LogP contribution < -0.4 is 10.1 Å². The van der Waals surface area contributed by atoms with Crippen molar-refractivity contribution >= 4 is 16.5 Å². The molecule has 2 rings (SSSR count). The molecule has 6 heteroatoms. The van der Waals surface area contributed by atoms with E-state index in [-0.39, 0.29) is 6.61 Å². The van der Waals surface area contributed by atoms with Crippen LogP contribution in [0, 0.1) is 11.6 Å². The molecule has 102 valence electrons. The molecule has 0 bridgehead atoms. The van der Waals surface area contributed by atoms with E-state index in [4.69, 9.17) is 4.74 Å². The smallest absolute Gasteiger partial charge is 0.182 e. The first-order valence-electron chi connectivity index (χ1n) is 5.95. The molecule has 0 spiro atoms. The van der Waals surface area contributed by atoms with Gasteiger partial charge in [-0.3, -0.25) is 0 Å². The zero-order valence-electron chi connectivity index (χ0n) is 10.5. The van der Waals surface area contributed by atoms with Crippen LogP contribution >= 0.6 is 11.3 Å². The molecule has 1 aromatic carbocycles. The van der Waals surface area contributed by atoms with Crippen LogP contribution in [0.4, 0.5) is 13.9 Å². The van der Waals surface area contributed by atoms with E-state index in [1.807, 2.05) is 0 Å². The third-order valence-corrected chi connectivity index (χ3v) is 3.28. The number of halogens is 2. The van der Waals surface area contributed by atoms with Crippen LogP contribution in [0.5, 0.6) is 5.75 Å². The normalized spacial score (nSPS) is 10.5. The highest BCUT2D eigenvalue weighted by Gasteiger charge is 2.05. The van der Waals surface area contributed by atoms with Gasteiger partial charge in [0, 0.05) is 18.8 Å². The fourth-order valence-electron chi connectivity index (χ4n) is 1.41. The molecular weight excluding hydrogens is 270 g/mol. The Balaban J connectivity index is 1.91. The van der Waals surface area contributed by atoms with Crippen molar-refractivity contribution in [2.75, 3.05) is 11.9 Å². The van der Waals surface area contributed by atoms with Gasteiger partial charge in [-0.05, 0) is 18.6 Å². The standard InChI is InChI=1S/C13H14F2N2OS/c1-2-5-16-13-17-7-10(19-13)8-18-9-3-4-11(14)12(15)6-9/h3-4,6-7H,2,5,8H2,1H3,(H,16,17). The van der Waals surface area contributed by atoms with Crippen molar-refractivity contribution in [1.82, 2.24) is 4.98 Å². The minimum Gasteiger partial charge on any atom is -0.488 e. The SMILES string of the molecule is CCCNc1ncc(COc2ccc(F)c(F)c2)s1. The van der Waals surface area contributed by atoms with E-state index < -0.39 is 11.6 Å². The van der Waals surface area contributed by atoms with E-state index in [2.05, 4.69) is 17.2 Å². The predicted molar refractivity (Wildman–Crippen MR) is 71.6 cm³/mol. The number of rotatable bonds is 6. The third-order valence-electron chi connectivity index (χ3n) is 2.35. The van der Waals surface area contributed by atoms with Gasteiger partial charge in [-0.15, -0.1) is 0 Å². The Labute approximate surface area is 114 Å². The summed E-state index contributed by atoms with van der Waals surface area (Å²) in [6.07, 6.45) is 2.74. The van der Waals surface area contributed by atoms with Crippen LogP contribution in [-0.4, -0.2) is 11.5 Å². The number of nitrogens with zero attached hydrogens (tertiary/aromatic N) is 1. The first-order valence-corrected chi connectivity index (χ1v) is 6.77. The van der Waals surface area contributed by atoms with Crippen molar-refractivity contribution in [1.29, 1.82) is 0 Å². The maximum atomic E-state index is 13.0. The van der Waals surface area contributed by atoms with Gasteiger partial charge >= 0.3 is 0 Å². The second-order valence-corrected chi connectivity index (χ2v) is 5.04. The molecule has 0 atom stereocenters. The van der Waals surface area contributed by atoms with E-state index in [1.165, 1.54) is 17.4 Å². The summed E-state index contributed by atoms with van der Waals surface area (Å²) >= 11 is 1.48. The molecule has 19 heavy (non-hydrogen) atoms. The summed E-state index contributed by atoms with van der Waals surface area (Å²) in [5.41, 5.74) is 0. The molecule has 0 saturated heterocycles. The fourth-order valence-corrected chi connectivity index (χ4v) is 2.16. The average molecular weight is 284 g/mol. The van der Waals surface area contributed by atoms with Gasteiger partial charge in [0.05, 0.1) is 4.88 Å². The molecule has 1 aromatic heterocycles. The molecule has 2 aromatic rings. The highest BCUT2D eigenvalue weighted by Crippen LogP contribution is 2.21.